The first-order valence-electron chi connectivity index (χ1n) is 27.3. The quantitative estimate of drug-likeness (QED) is 0.0199. The zero-order valence-corrected chi connectivity index (χ0v) is 43.6. The van der Waals surface area contributed by atoms with Gasteiger partial charge < -0.3 is 14.2 Å². The standard InChI is InChI=1S/C62H98O6/c1-4-7-10-13-16-19-22-25-27-29-31-33-34-37-40-43-46-49-52-55-61(64)67-58-59(57-66-60(63)54-51-48-45-42-39-36-24-21-18-15-12-9-6-3)68-62(65)56-53-50-47-44-41-38-35-32-30-28-26-23-20-17-14-11-8-5-2/h7,10,13,16,19,22-23,25-37,39-40,59H,4-6,8-9,11-12,14-15,17-18,20-21,24,38,41-58H2,1-3H3/b10-7-,16-13-,22-19-,26-23-,27-25-,30-28-,31-29+,34-33-,35-32-,39-36-,40-37-. The fourth-order valence-electron chi connectivity index (χ4n) is 7.01. The molecule has 0 spiro atoms. The Bertz CT molecular complexity index is 1500. The minimum atomic E-state index is -0.819. The molecule has 68 heavy (non-hydrogen) atoms. The first-order chi connectivity index (χ1) is 33.5. The predicted octanol–water partition coefficient (Wildman–Crippen LogP) is 18.3. The molecule has 382 valence electrons. The molecule has 0 aliphatic carbocycles. The van der Waals surface area contributed by atoms with Gasteiger partial charge in [0.05, 0.1) is 0 Å². The highest BCUT2D eigenvalue weighted by Crippen LogP contribution is 2.13. The minimum Gasteiger partial charge on any atom is -0.462 e. The summed E-state index contributed by atoms with van der Waals surface area (Å²) in [6, 6.07) is 0. The maximum Gasteiger partial charge on any atom is 0.306 e. The van der Waals surface area contributed by atoms with Crippen molar-refractivity contribution in [2.45, 2.75) is 226 Å². The number of rotatable bonds is 47. The molecular weight excluding hydrogens is 841 g/mol. The second kappa shape index (κ2) is 55.1. The van der Waals surface area contributed by atoms with Gasteiger partial charge in [0.2, 0.25) is 0 Å². The first-order valence-corrected chi connectivity index (χ1v) is 27.3. The van der Waals surface area contributed by atoms with Crippen LogP contribution in [0.25, 0.3) is 0 Å². The summed E-state index contributed by atoms with van der Waals surface area (Å²) in [5, 5.41) is 0. The second-order valence-electron chi connectivity index (χ2n) is 17.6. The maximum absolute atomic E-state index is 12.8. The Hall–Kier alpha value is -4.45. The van der Waals surface area contributed by atoms with E-state index < -0.39 is 6.10 Å². The van der Waals surface area contributed by atoms with Crippen molar-refractivity contribution in [3.05, 3.63) is 134 Å². The van der Waals surface area contributed by atoms with Crippen molar-refractivity contribution in [1.29, 1.82) is 0 Å². The summed E-state index contributed by atoms with van der Waals surface area (Å²) < 4.78 is 16.8. The Morgan fingerprint density at radius 1 is 0.309 bits per heavy atom. The van der Waals surface area contributed by atoms with Crippen LogP contribution in [0, 0.1) is 0 Å². The van der Waals surface area contributed by atoms with Gasteiger partial charge in [-0.05, 0) is 89.9 Å². The molecule has 1 unspecified atom stereocenters. The lowest BCUT2D eigenvalue weighted by molar-refractivity contribution is -0.167. The van der Waals surface area contributed by atoms with Crippen LogP contribution in [0.3, 0.4) is 0 Å². The van der Waals surface area contributed by atoms with Crippen LogP contribution in [0.5, 0.6) is 0 Å². The molecule has 0 aliphatic rings. The van der Waals surface area contributed by atoms with Crippen molar-refractivity contribution in [2.24, 2.45) is 0 Å². The Morgan fingerprint density at radius 3 is 0.956 bits per heavy atom. The molecule has 0 saturated heterocycles. The van der Waals surface area contributed by atoms with Crippen LogP contribution in [-0.2, 0) is 28.6 Å². The van der Waals surface area contributed by atoms with Crippen molar-refractivity contribution in [3.8, 4) is 0 Å². The smallest absolute Gasteiger partial charge is 0.306 e. The summed E-state index contributed by atoms with van der Waals surface area (Å²) in [6.45, 7) is 6.38. The number of esters is 3. The zero-order chi connectivity index (χ0) is 49.3. The monoisotopic (exact) mass is 939 g/mol. The lowest BCUT2D eigenvalue weighted by Gasteiger charge is -2.18. The van der Waals surface area contributed by atoms with Crippen LogP contribution in [0.1, 0.15) is 220 Å². The van der Waals surface area contributed by atoms with Crippen LogP contribution in [0.2, 0.25) is 0 Å². The third-order valence-electron chi connectivity index (χ3n) is 11.1. The molecule has 0 heterocycles. The summed E-state index contributed by atoms with van der Waals surface area (Å²) >= 11 is 0. The largest absolute Gasteiger partial charge is 0.462 e. The number of ether oxygens (including phenoxy) is 3. The molecule has 0 rings (SSSR count). The summed E-state index contributed by atoms with van der Waals surface area (Å²) in [6.07, 6.45) is 77.1. The van der Waals surface area contributed by atoms with E-state index in [9.17, 15) is 14.4 Å². The third-order valence-corrected chi connectivity index (χ3v) is 11.1. The van der Waals surface area contributed by atoms with Gasteiger partial charge in [-0.25, -0.2) is 0 Å². The van der Waals surface area contributed by atoms with E-state index in [1.807, 2.05) is 72.9 Å². The number of hydrogen-bond donors (Lipinski definition) is 0. The van der Waals surface area contributed by atoms with Crippen LogP contribution in [0.4, 0.5) is 0 Å². The Balaban J connectivity index is 4.58. The van der Waals surface area contributed by atoms with E-state index in [1.165, 1.54) is 70.6 Å². The molecule has 1 atom stereocenters. The summed E-state index contributed by atoms with van der Waals surface area (Å²) in [5.74, 6) is -1.00. The van der Waals surface area contributed by atoms with Crippen LogP contribution in [0.15, 0.2) is 134 Å². The predicted molar refractivity (Wildman–Crippen MR) is 292 cm³/mol. The van der Waals surface area contributed by atoms with E-state index in [1.54, 1.807) is 0 Å². The highest BCUT2D eigenvalue weighted by molar-refractivity contribution is 5.71. The van der Waals surface area contributed by atoms with Gasteiger partial charge in [0.1, 0.15) is 13.2 Å². The molecule has 0 bridgehead atoms. The van der Waals surface area contributed by atoms with Gasteiger partial charge in [-0.15, -0.1) is 0 Å². The van der Waals surface area contributed by atoms with Crippen molar-refractivity contribution < 1.29 is 28.6 Å². The molecule has 0 aromatic rings. The van der Waals surface area contributed by atoms with E-state index in [0.717, 1.165) is 109 Å². The summed E-state index contributed by atoms with van der Waals surface area (Å²) in [4.78, 5) is 38.1. The van der Waals surface area contributed by atoms with Crippen LogP contribution < -0.4 is 0 Å². The molecule has 0 saturated carbocycles. The molecular formula is C62H98O6. The topological polar surface area (TPSA) is 78.9 Å². The number of unbranched alkanes of at least 4 members (excludes halogenated alkanes) is 22. The van der Waals surface area contributed by atoms with Gasteiger partial charge in [-0.3, -0.25) is 14.4 Å². The average Bonchev–Trinajstić information content (AvgIpc) is 3.34. The summed E-state index contributed by atoms with van der Waals surface area (Å²) in [7, 11) is 0. The van der Waals surface area contributed by atoms with Crippen molar-refractivity contribution in [3.63, 3.8) is 0 Å². The van der Waals surface area contributed by atoms with E-state index >= 15 is 0 Å². The summed E-state index contributed by atoms with van der Waals surface area (Å²) in [5.41, 5.74) is 0. The Labute approximate surface area is 417 Å². The highest BCUT2D eigenvalue weighted by atomic mass is 16.6. The molecule has 0 radical (unpaired) electrons. The van der Waals surface area contributed by atoms with E-state index in [0.29, 0.717) is 12.8 Å². The maximum atomic E-state index is 12.8. The average molecular weight is 939 g/mol. The Morgan fingerprint density at radius 2 is 0.588 bits per heavy atom. The van der Waals surface area contributed by atoms with Gasteiger partial charge in [-0.2, -0.15) is 0 Å². The van der Waals surface area contributed by atoms with Gasteiger partial charge in [-0.1, -0.05) is 244 Å². The van der Waals surface area contributed by atoms with E-state index in [2.05, 4.69) is 81.5 Å². The molecule has 0 amide bonds. The molecule has 6 nitrogen and oxygen atoms in total. The van der Waals surface area contributed by atoms with Gasteiger partial charge in [0, 0.05) is 19.3 Å². The van der Waals surface area contributed by atoms with Gasteiger partial charge >= 0.3 is 17.9 Å². The molecule has 6 heteroatoms. The number of carbonyl (C=O) groups excluding carboxylic acids is 3. The SMILES string of the molecule is CC\C=C/C=C\C=C/C=C\C=C\C=C/C=C\CCCCCC(=O)OCC(COC(=O)CCCCC/C=C\CCCCCCCC)OC(=O)CCCCCCC\C=C/C=C\C=C/CCCCCCC. The highest BCUT2D eigenvalue weighted by Gasteiger charge is 2.19. The number of allylic oxidation sites excluding steroid dienone is 22. The number of carbonyl (C=O) groups is 3. The van der Waals surface area contributed by atoms with Crippen molar-refractivity contribution in [2.75, 3.05) is 13.2 Å². The fourth-order valence-corrected chi connectivity index (χ4v) is 7.01. The lowest BCUT2D eigenvalue weighted by Crippen LogP contribution is -2.30. The molecule has 0 N–H and O–H groups in total. The normalized spacial score (nSPS) is 13.2. The van der Waals surface area contributed by atoms with Crippen LogP contribution >= 0.6 is 0 Å². The molecule has 0 aromatic heterocycles. The lowest BCUT2D eigenvalue weighted by atomic mass is 10.1. The second-order valence-corrected chi connectivity index (χ2v) is 17.6. The molecule has 0 aromatic carbocycles. The zero-order valence-electron chi connectivity index (χ0n) is 43.6. The van der Waals surface area contributed by atoms with E-state index in [4.69, 9.17) is 14.2 Å². The Kier molecular flexibility index (Phi) is 51.5. The minimum absolute atomic E-state index is 0.114. The number of hydrogen-bond acceptors (Lipinski definition) is 6. The first kappa shape index (κ1) is 63.5. The van der Waals surface area contributed by atoms with Gasteiger partial charge in [0.25, 0.3) is 0 Å². The third kappa shape index (κ3) is 52.5. The fraction of sp³-hybridized carbons (Fsp3) is 0.597. The van der Waals surface area contributed by atoms with Crippen LogP contribution in [-0.4, -0.2) is 37.2 Å². The van der Waals surface area contributed by atoms with E-state index in [-0.39, 0.29) is 37.5 Å². The van der Waals surface area contributed by atoms with Crippen molar-refractivity contribution in [1.82, 2.24) is 0 Å². The van der Waals surface area contributed by atoms with Gasteiger partial charge in [0.15, 0.2) is 6.10 Å². The molecule has 0 aliphatic heterocycles. The van der Waals surface area contributed by atoms with Crippen molar-refractivity contribution >= 4 is 17.9 Å². The molecule has 0 fully saturated rings.